The number of nitrogens with two attached hydrogens (primary N) is 1. The molecule has 0 aliphatic carbocycles. The van der Waals surface area contributed by atoms with E-state index in [1.165, 1.54) is 12.1 Å². The smallest absolute Gasteiger partial charge is 0.255 e. The molecule has 0 heterocycles. The number of anilines is 2. The maximum atomic E-state index is 13.5. The van der Waals surface area contributed by atoms with Gasteiger partial charge in [-0.3, -0.25) is 4.79 Å². The Morgan fingerprint density at radius 1 is 1.26 bits per heavy atom. The van der Waals surface area contributed by atoms with Crippen molar-refractivity contribution in [2.45, 2.75) is 0 Å². The normalized spacial score (nSPS) is 10.3. The summed E-state index contributed by atoms with van der Waals surface area (Å²) in [5, 5.41) is 2.96. The van der Waals surface area contributed by atoms with Crippen LogP contribution in [0.1, 0.15) is 10.4 Å². The fraction of sp³-hybridized carbons (Fsp3) is 0. The standard InChI is InChI=1S/C13H9BrClFN2O/c14-9-5-7(1-3-10(9)15)13(19)18-12-4-2-8(17)6-11(12)16/h1-6H,17H2,(H,18,19). The Labute approximate surface area is 122 Å². The molecule has 0 saturated heterocycles. The molecule has 0 fully saturated rings. The molecule has 0 unspecified atom stereocenters. The first-order chi connectivity index (χ1) is 8.97. The summed E-state index contributed by atoms with van der Waals surface area (Å²) in [4.78, 5) is 11.9. The first kappa shape index (κ1) is 13.8. The molecule has 1 amide bonds. The van der Waals surface area contributed by atoms with E-state index in [1.54, 1.807) is 18.2 Å². The van der Waals surface area contributed by atoms with Gasteiger partial charge in [0.1, 0.15) is 5.82 Å². The molecule has 2 rings (SSSR count). The predicted molar refractivity (Wildman–Crippen MR) is 77.9 cm³/mol. The second-order valence-electron chi connectivity index (χ2n) is 3.82. The highest BCUT2D eigenvalue weighted by molar-refractivity contribution is 9.10. The highest BCUT2D eigenvalue weighted by atomic mass is 79.9. The largest absolute Gasteiger partial charge is 0.399 e. The molecule has 3 nitrogen and oxygen atoms in total. The van der Waals surface area contributed by atoms with Gasteiger partial charge in [0.2, 0.25) is 0 Å². The number of rotatable bonds is 2. The van der Waals surface area contributed by atoms with Gasteiger partial charge in [-0.15, -0.1) is 0 Å². The monoisotopic (exact) mass is 342 g/mol. The third-order valence-corrected chi connectivity index (χ3v) is 3.64. The summed E-state index contributed by atoms with van der Waals surface area (Å²) in [5.74, 6) is -1.01. The maximum absolute atomic E-state index is 13.5. The summed E-state index contributed by atoms with van der Waals surface area (Å²) in [6, 6.07) is 8.77. The minimum Gasteiger partial charge on any atom is -0.399 e. The molecule has 2 aromatic carbocycles. The van der Waals surface area contributed by atoms with Gasteiger partial charge in [0, 0.05) is 15.7 Å². The Morgan fingerprint density at radius 3 is 2.63 bits per heavy atom. The van der Waals surface area contributed by atoms with E-state index in [9.17, 15) is 9.18 Å². The van der Waals surface area contributed by atoms with Crippen molar-refractivity contribution < 1.29 is 9.18 Å². The van der Waals surface area contributed by atoms with Crippen LogP contribution in [0.3, 0.4) is 0 Å². The van der Waals surface area contributed by atoms with Crippen molar-refractivity contribution in [3.8, 4) is 0 Å². The number of benzene rings is 2. The van der Waals surface area contributed by atoms with Gasteiger partial charge < -0.3 is 11.1 Å². The van der Waals surface area contributed by atoms with E-state index < -0.39 is 11.7 Å². The van der Waals surface area contributed by atoms with Crippen LogP contribution in [-0.2, 0) is 0 Å². The SMILES string of the molecule is Nc1ccc(NC(=O)c2ccc(Cl)c(Br)c2)c(F)c1. The molecule has 0 radical (unpaired) electrons. The number of hydrogen-bond donors (Lipinski definition) is 2. The van der Waals surface area contributed by atoms with E-state index in [4.69, 9.17) is 17.3 Å². The van der Waals surface area contributed by atoms with Gasteiger partial charge in [-0.25, -0.2) is 4.39 Å². The quantitative estimate of drug-likeness (QED) is 0.807. The van der Waals surface area contributed by atoms with Gasteiger partial charge in [0.05, 0.1) is 10.7 Å². The van der Waals surface area contributed by atoms with Gasteiger partial charge in [-0.05, 0) is 52.3 Å². The van der Waals surface area contributed by atoms with Crippen molar-refractivity contribution in [2.75, 3.05) is 11.1 Å². The van der Waals surface area contributed by atoms with E-state index in [0.717, 1.165) is 6.07 Å². The summed E-state index contributed by atoms with van der Waals surface area (Å²) in [6.07, 6.45) is 0. The Hall–Kier alpha value is -1.59. The Bertz CT molecular complexity index is 649. The number of carbonyl (C=O) groups excluding carboxylic acids is 1. The molecule has 0 atom stereocenters. The highest BCUT2D eigenvalue weighted by Gasteiger charge is 2.10. The van der Waals surface area contributed by atoms with Gasteiger partial charge in [0.15, 0.2) is 0 Å². The maximum Gasteiger partial charge on any atom is 0.255 e. The van der Waals surface area contributed by atoms with Crippen molar-refractivity contribution in [2.24, 2.45) is 0 Å². The van der Waals surface area contributed by atoms with Crippen molar-refractivity contribution in [3.63, 3.8) is 0 Å². The van der Waals surface area contributed by atoms with Crippen LogP contribution in [0.25, 0.3) is 0 Å². The predicted octanol–water partition coefficient (Wildman–Crippen LogP) is 4.08. The van der Waals surface area contributed by atoms with Crippen LogP contribution >= 0.6 is 27.5 Å². The number of hydrogen-bond acceptors (Lipinski definition) is 2. The minimum absolute atomic E-state index is 0.0743. The average molecular weight is 344 g/mol. The second-order valence-corrected chi connectivity index (χ2v) is 5.08. The zero-order valence-corrected chi connectivity index (χ0v) is 11.9. The van der Waals surface area contributed by atoms with Crippen LogP contribution in [0, 0.1) is 5.82 Å². The van der Waals surface area contributed by atoms with Crippen LogP contribution in [-0.4, -0.2) is 5.91 Å². The van der Waals surface area contributed by atoms with Crippen LogP contribution in [0.2, 0.25) is 5.02 Å². The van der Waals surface area contributed by atoms with Crippen molar-refractivity contribution in [3.05, 3.63) is 57.3 Å². The lowest BCUT2D eigenvalue weighted by molar-refractivity contribution is 0.102. The van der Waals surface area contributed by atoms with Gasteiger partial charge in [0.25, 0.3) is 5.91 Å². The topological polar surface area (TPSA) is 55.1 Å². The van der Waals surface area contributed by atoms with Gasteiger partial charge in [-0.1, -0.05) is 11.6 Å². The highest BCUT2D eigenvalue weighted by Crippen LogP contribution is 2.24. The van der Waals surface area contributed by atoms with E-state index in [0.29, 0.717) is 20.7 Å². The zero-order chi connectivity index (χ0) is 14.0. The number of amides is 1. The molecule has 0 aromatic heterocycles. The number of nitrogen functional groups attached to an aromatic ring is 1. The van der Waals surface area contributed by atoms with Gasteiger partial charge >= 0.3 is 0 Å². The van der Waals surface area contributed by atoms with Gasteiger partial charge in [-0.2, -0.15) is 0 Å². The lowest BCUT2D eigenvalue weighted by Gasteiger charge is -2.07. The van der Waals surface area contributed by atoms with Crippen LogP contribution in [0.15, 0.2) is 40.9 Å². The molecule has 6 heteroatoms. The fourth-order valence-corrected chi connectivity index (χ4v) is 1.96. The summed E-state index contributed by atoms with van der Waals surface area (Å²) < 4.78 is 14.1. The van der Waals surface area contributed by atoms with E-state index in [1.807, 2.05) is 0 Å². The number of carbonyl (C=O) groups is 1. The fourth-order valence-electron chi connectivity index (χ4n) is 1.46. The minimum atomic E-state index is -0.582. The lowest BCUT2D eigenvalue weighted by atomic mass is 10.2. The summed E-state index contributed by atoms with van der Waals surface area (Å²) in [5.41, 5.74) is 6.17. The molecular weight excluding hydrogens is 335 g/mol. The first-order valence-corrected chi connectivity index (χ1v) is 6.46. The Morgan fingerprint density at radius 2 is 2.00 bits per heavy atom. The number of nitrogens with one attached hydrogen (secondary N) is 1. The molecule has 0 bridgehead atoms. The summed E-state index contributed by atoms with van der Waals surface area (Å²) in [7, 11) is 0. The average Bonchev–Trinajstić information content (AvgIpc) is 2.36. The van der Waals surface area contributed by atoms with Crippen LogP contribution < -0.4 is 11.1 Å². The third kappa shape index (κ3) is 3.24. The van der Waals surface area contributed by atoms with Crippen LogP contribution in [0.5, 0.6) is 0 Å². The van der Waals surface area contributed by atoms with Crippen molar-refractivity contribution >= 4 is 44.8 Å². The van der Waals surface area contributed by atoms with Crippen molar-refractivity contribution in [1.82, 2.24) is 0 Å². The second kappa shape index (κ2) is 5.59. The molecule has 0 aliphatic rings. The molecule has 98 valence electrons. The molecule has 2 aromatic rings. The Kier molecular flexibility index (Phi) is 4.07. The molecule has 3 N–H and O–H groups in total. The summed E-state index contributed by atoms with van der Waals surface area (Å²) in [6.45, 7) is 0. The third-order valence-electron chi connectivity index (χ3n) is 2.42. The zero-order valence-electron chi connectivity index (χ0n) is 9.58. The van der Waals surface area contributed by atoms with Crippen LogP contribution in [0.4, 0.5) is 15.8 Å². The molecule has 0 aliphatic heterocycles. The molecule has 0 saturated carbocycles. The first-order valence-electron chi connectivity index (χ1n) is 5.29. The number of halogens is 3. The van der Waals surface area contributed by atoms with E-state index in [2.05, 4.69) is 21.2 Å². The summed E-state index contributed by atoms with van der Waals surface area (Å²) >= 11 is 9.06. The molecule has 0 spiro atoms. The van der Waals surface area contributed by atoms with E-state index in [-0.39, 0.29) is 5.69 Å². The molecule has 19 heavy (non-hydrogen) atoms. The lowest BCUT2D eigenvalue weighted by Crippen LogP contribution is -2.13. The Balaban J connectivity index is 2.23. The molecular formula is C13H9BrClFN2O. The van der Waals surface area contributed by atoms with E-state index >= 15 is 0 Å². The van der Waals surface area contributed by atoms with Crippen molar-refractivity contribution in [1.29, 1.82) is 0 Å².